The highest BCUT2D eigenvalue weighted by Gasteiger charge is 2.50. The molecule has 19 heavy (non-hydrogen) atoms. The van der Waals surface area contributed by atoms with Crippen LogP contribution in [0.4, 0.5) is 8.78 Å². The summed E-state index contributed by atoms with van der Waals surface area (Å²) < 4.78 is 26.5. The van der Waals surface area contributed by atoms with Crippen molar-refractivity contribution >= 4 is 28.8 Å². The molecule has 1 amide bonds. The first-order valence-corrected chi connectivity index (χ1v) is 6.67. The normalized spacial score (nSPS) is 23.2. The van der Waals surface area contributed by atoms with Crippen LogP contribution >= 0.6 is 11.8 Å². The molecule has 1 rings (SSSR count). The number of halogens is 2. The van der Waals surface area contributed by atoms with Gasteiger partial charge in [-0.1, -0.05) is 18.7 Å². The first-order chi connectivity index (χ1) is 8.64. The fourth-order valence-electron chi connectivity index (χ4n) is 1.87. The number of likely N-dealkylation sites (tertiary alicyclic amines) is 1. The Bertz CT molecular complexity index is 402. The van der Waals surface area contributed by atoms with Gasteiger partial charge in [0.05, 0.1) is 6.54 Å². The third-order valence-electron chi connectivity index (χ3n) is 2.80. The van der Waals surface area contributed by atoms with E-state index >= 15 is 0 Å². The number of carboxylic acids is 1. The number of thioether (sulfide) groups is 1. The number of rotatable bonds is 4. The molecular formula is C11H15F2NO4S. The fourth-order valence-corrected chi connectivity index (χ4v) is 2.49. The van der Waals surface area contributed by atoms with Gasteiger partial charge in [0.25, 0.3) is 5.92 Å². The Kier molecular flexibility index (Phi) is 4.89. The minimum Gasteiger partial charge on any atom is -0.480 e. The molecule has 0 bridgehead atoms. The van der Waals surface area contributed by atoms with Gasteiger partial charge in [-0.15, -0.1) is 0 Å². The molecule has 1 N–H and O–H groups in total. The van der Waals surface area contributed by atoms with Gasteiger partial charge in [-0.05, 0) is 0 Å². The summed E-state index contributed by atoms with van der Waals surface area (Å²) in [5, 5.41) is 8.70. The zero-order valence-corrected chi connectivity index (χ0v) is 11.4. The molecule has 1 unspecified atom stereocenters. The van der Waals surface area contributed by atoms with Crippen LogP contribution in [0.25, 0.3) is 0 Å². The fraction of sp³-hybridized carbons (Fsp3) is 0.727. The Balaban J connectivity index is 2.73. The average Bonchev–Trinajstić information content (AvgIpc) is 2.61. The Hall–Kier alpha value is -1.18. The Morgan fingerprint density at radius 3 is 2.53 bits per heavy atom. The molecule has 1 aliphatic rings. The lowest BCUT2D eigenvalue weighted by Crippen LogP contribution is -2.43. The Morgan fingerprint density at radius 1 is 1.47 bits per heavy atom. The van der Waals surface area contributed by atoms with Crippen molar-refractivity contribution in [3.63, 3.8) is 0 Å². The van der Waals surface area contributed by atoms with Crippen LogP contribution in [0.2, 0.25) is 0 Å². The third kappa shape index (κ3) is 4.15. The van der Waals surface area contributed by atoms with Gasteiger partial charge in [0.2, 0.25) is 5.91 Å². The van der Waals surface area contributed by atoms with Crippen LogP contribution < -0.4 is 0 Å². The number of amides is 1. The number of carbonyl (C=O) groups is 3. The second kappa shape index (κ2) is 5.85. The van der Waals surface area contributed by atoms with Gasteiger partial charge in [-0.2, -0.15) is 0 Å². The lowest BCUT2D eigenvalue weighted by Gasteiger charge is -2.24. The van der Waals surface area contributed by atoms with E-state index in [1.165, 1.54) is 13.8 Å². The summed E-state index contributed by atoms with van der Waals surface area (Å²) in [5.74, 6) is -5.78. The molecule has 0 aromatic rings. The summed E-state index contributed by atoms with van der Waals surface area (Å²) in [7, 11) is 0. The van der Waals surface area contributed by atoms with E-state index in [1.807, 2.05) is 0 Å². The van der Waals surface area contributed by atoms with E-state index in [4.69, 9.17) is 5.11 Å². The van der Waals surface area contributed by atoms with E-state index in [0.717, 1.165) is 11.8 Å². The number of alkyl halides is 2. The van der Waals surface area contributed by atoms with Crippen molar-refractivity contribution in [2.24, 2.45) is 5.92 Å². The monoisotopic (exact) mass is 295 g/mol. The highest BCUT2D eigenvalue weighted by molar-refractivity contribution is 8.13. The molecule has 1 saturated heterocycles. The van der Waals surface area contributed by atoms with Crippen LogP contribution in [-0.2, 0) is 14.4 Å². The van der Waals surface area contributed by atoms with Gasteiger partial charge in [-0.3, -0.25) is 9.59 Å². The number of hydrogen-bond acceptors (Lipinski definition) is 4. The van der Waals surface area contributed by atoms with Gasteiger partial charge in [0.15, 0.2) is 5.12 Å². The maximum absolute atomic E-state index is 13.2. The molecule has 0 aromatic heterocycles. The van der Waals surface area contributed by atoms with E-state index in [-0.39, 0.29) is 10.9 Å². The molecule has 0 spiro atoms. The van der Waals surface area contributed by atoms with E-state index in [1.54, 1.807) is 0 Å². The van der Waals surface area contributed by atoms with Crippen LogP contribution in [0, 0.1) is 5.92 Å². The molecule has 0 aliphatic carbocycles. The lowest BCUT2D eigenvalue weighted by molar-refractivity contribution is -0.149. The molecule has 0 saturated carbocycles. The highest BCUT2D eigenvalue weighted by Crippen LogP contribution is 2.33. The van der Waals surface area contributed by atoms with Gasteiger partial charge in [0, 0.05) is 25.0 Å². The van der Waals surface area contributed by atoms with Crippen LogP contribution in [0.5, 0.6) is 0 Å². The maximum atomic E-state index is 13.2. The zero-order valence-electron chi connectivity index (χ0n) is 10.6. The standard InChI is InChI=1S/C11H15F2NO4S/c1-6(4-19-7(2)15)9(16)14-5-11(12,13)3-8(14)10(17)18/h6,8H,3-5H2,1-2H3,(H,17,18)/t6?,8-/m0/s1. The van der Waals surface area contributed by atoms with Crippen molar-refractivity contribution in [2.45, 2.75) is 32.2 Å². The van der Waals surface area contributed by atoms with Crippen molar-refractivity contribution in [1.82, 2.24) is 4.90 Å². The summed E-state index contributed by atoms with van der Waals surface area (Å²) in [6.45, 7) is 1.96. The SMILES string of the molecule is CC(=O)SCC(C)C(=O)N1CC(F)(F)C[C@H]1C(=O)O. The van der Waals surface area contributed by atoms with Crippen molar-refractivity contribution in [3.05, 3.63) is 0 Å². The predicted octanol–water partition coefficient (Wildman–Crippen LogP) is 1.22. The van der Waals surface area contributed by atoms with Crippen LogP contribution in [-0.4, -0.2) is 51.3 Å². The minimum absolute atomic E-state index is 0.155. The summed E-state index contributed by atoms with van der Waals surface area (Å²) in [6, 6.07) is -1.49. The molecular weight excluding hydrogens is 280 g/mol. The quantitative estimate of drug-likeness (QED) is 0.844. The van der Waals surface area contributed by atoms with Gasteiger partial charge in [-0.25, -0.2) is 13.6 Å². The van der Waals surface area contributed by atoms with Crippen molar-refractivity contribution in [2.75, 3.05) is 12.3 Å². The molecule has 0 radical (unpaired) electrons. The molecule has 8 heteroatoms. The lowest BCUT2D eigenvalue weighted by atomic mass is 10.1. The predicted molar refractivity (Wildman–Crippen MR) is 65.0 cm³/mol. The molecule has 0 aromatic carbocycles. The minimum atomic E-state index is -3.17. The number of carboxylic acid groups (broad SMARTS) is 1. The number of carbonyl (C=O) groups excluding carboxylic acids is 2. The van der Waals surface area contributed by atoms with E-state index in [9.17, 15) is 23.2 Å². The van der Waals surface area contributed by atoms with Gasteiger partial charge < -0.3 is 10.0 Å². The second-order valence-electron chi connectivity index (χ2n) is 4.58. The molecule has 1 fully saturated rings. The molecule has 1 aliphatic heterocycles. The van der Waals surface area contributed by atoms with Crippen LogP contribution in [0.1, 0.15) is 20.3 Å². The summed E-state index contributed by atoms with van der Waals surface area (Å²) in [6.07, 6.45) is -0.860. The van der Waals surface area contributed by atoms with Gasteiger partial charge in [0.1, 0.15) is 6.04 Å². The topological polar surface area (TPSA) is 74.7 Å². The Labute approximate surface area is 113 Å². The van der Waals surface area contributed by atoms with E-state index in [2.05, 4.69) is 0 Å². The zero-order chi connectivity index (χ0) is 14.8. The summed E-state index contributed by atoms with van der Waals surface area (Å²) in [5.41, 5.74) is 0. The van der Waals surface area contributed by atoms with Crippen LogP contribution in [0.15, 0.2) is 0 Å². The van der Waals surface area contributed by atoms with Crippen molar-refractivity contribution in [1.29, 1.82) is 0 Å². The van der Waals surface area contributed by atoms with E-state index < -0.39 is 42.7 Å². The smallest absolute Gasteiger partial charge is 0.326 e. The van der Waals surface area contributed by atoms with Gasteiger partial charge >= 0.3 is 5.97 Å². The highest BCUT2D eigenvalue weighted by atomic mass is 32.2. The van der Waals surface area contributed by atoms with Crippen LogP contribution in [0.3, 0.4) is 0 Å². The largest absolute Gasteiger partial charge is 0.480 e. The molecule has 2 atom stereocenters. The summed E-state index contributed by atoms with van der Waals surface area (Å²) in [4.78, 5) is 34.4. The van der Waals surface area contributed by atoms with Crippen molar-refractivity contribution < 1.29 is 28.3 Å². The number of hydrogen-bond donors (Lipinski definition) is 1. The third-order valence-corrected chi connectivity index (χ3v) is 3.87. The number of aliphatic carboxylic acids is 1. The maximum Gasteiger partial charge on any atom is 0.326 e. The average molecular weight is 295 g/mol. The first kappa shape index (κ1) is 15.9. The Morgan fingerprint density at radius 2 is 2.05 bits per heavy atom. The molecule has 1 heterocycles. The second-order valence-corrected chi connectivity index (χ2v) is 5.78. The van der Waals surface area contributed by atoms with Crippen molar-refractivity contribution in [3.8, 4) is 0 Å². The van der Waals surface area contributed by atoms with E-state index in [0.29, 0.717) is 4.90 Å². The summed E-state index contributed by atoms with van der Waals surface area (Å²) >= 11 is 0.915. The molecule has 5 nitrogen and oxygen atoms in total. The first-order valence-electron chi connectivity index (χ1n) is 5.68. The number of nitrogens with zero attached hydrogens (tertiary/aromatic N) is 1. The molecule has 108 valence electrons.